The Hall–Kier alpha value is -1.55. The molecule has 0 unspecified atom stereocenters. The molecule has 0 heterocycles. The van der Waals surface area contributed by atoms with E-state index in [-0.39, 0.29) is 12.5 Å². The first-order chi connectivity index (χ1) is 9.01. The molecule has 0 atom stereocenters. The molecule has 0 aromatic heterocycles. The van der Waals surface area contributed by atoms with Gasteiger partial charge in [-0.1, -0.05) is 46.2 Å². The summed E-state index contributed by atoms with van der Waals surface area (Å²) in [4.78, 5) is 9.83. The van der Waals surface area contributed by atoms with Crippen LogP contribution in [0.25, 0.3) is 0 Å². The molecule has 0 fully saturated rings. The molecule has 4 heteroatoms. The van der Waals surface area contributed by atoms with Crippen molar-refractivity contribution in [2.45, 2.75) is 41.0 Å². The van der Waals surface area contributed by atoms with Crippen molar-refractivity contribution < 1.29 is 14.6 Å². The first kappa shape index (κ1) is 22.6. The van der Waals surface area contributed by atoms with Crippen LogP contribution in [0.4, 0.5) is 0 Å². The zero-order chi connectivity index (χ0) is 15.7. The molecule has 1 aromatic rings. The van der Waals surface area contributed by atoms with Gasteiger partial charge in [-0.25, -0.2) is 0 Å². The Kier molecular flexibility index (Phi) is 22.4. The number of rotatable bonds is 1. The standard InChI is InChI=1S/C7H8O.C3H7NO2.C3H8.C2H6/c1-6-3-2-4-7(8)5-6;1-6-3(5)2-4;1-3-2;1-2/h2-5,8H,1H3;2,4H2,1H3;3H2,1-2H3;1-2H3. The van der Waals surface area contributed by atoms with Gasteiger partial charge in [-0.15, -0.1) is 0 Å². The maximum atomic E-state index is 9.83. The average Bonchev–Trinajstić information content (AvgIpc) is 2.41. The molecule has 3 N–H and O–H groups in total. The number of hydrogen-bond acceptors (Lipinski definition) is 4. The highest BCUT2D eigenvalue weighted by molar-refractivity contribution is 5.70. The first-order valence-corrected chi connectivity index (χ1v) is 6.54. The van der Waals surface area contributed by atoms with E-state index in [1.165, 1.54) is 13.5 Å². The van der Waals surface area contributed by atoms with Crippen molar-refractivity contribution in [3.8, 4) is 5.75 Å². The maximum absolute atomic E-state index is 9.83. The van der Waals surface area contributed by atoms with Crippen LogP contribution in [0.3, 0.4) is 0 Å². The second kappa shape index (κ2) is 18.8. The lowest BCUT2D eigenvalue weighted by atomic mass is 10.2. The summed E-state index contributed by atoms with van der Waals surface area (Å²) in [5.41, 5.74) is 5.90. The molecule has 0 radical (unpaired) electrons. The Morgan fingerprint density at radius 1 is 1.32 bits per heavy atom. The summed E-state index contributed by atoms with van der Waals surface area (Å²) in [6, 6.07) is 7.15. The predicted molar refractivity (Wildman–Crippen MR) is 81.2 cm³/mol. The number of aryl methyl sites for hydroxylation is 1. The fourth-order valence-corrected chi connectivity index (χ4v) is 0.711. The van der Waals surface area contributed by atoms with Crippen LogP contribution in [0.2, 0.25) is 0 Å². The molecule has 0 aliphatic heterocycles. The largest absolute Gasteiger partial charge is 0.508 e. The van der Waals surface area contributed by atoms with Gasteiger partial charge in [0.15, 0.2) is 0 Å². The number of benzene rings is 1. The Labute approximate surface area is 117 Å². The van der Waals surface area contributed by atoms with E-state index in [0.717, 1.165) is 5.56 Å². The van der Waals surface area contributed by atoms with Crippen molar-refractivity contribution in [1.29, 1.82) is 0 Å². The molecular formula is C15H29NO3. The highest BCUT2D eigenvalue weighted by Gasteiger charge is 1.87. The second-order valence-corrected chi connectivity index (χ2v) is 3.33. The van der Waals surface area contributed by atoms with E-state index in [2.05, 4.69) is 18.6 Å². The van der Waals surface area contributed by atoms with Gasteiger partial charge in [0, 0.05) is 0 Å². The van der Waals surface area contributed by atoms with Crippen LogP contribution >= 0.6 is 0 Å². The number of methoxy groups -OCH3 is 1. The Bertz CT molecular complexity index is 278. The number of carbonyl (C=O) groups excluding carboxylic acids is 1. The van der Waals surface area contributed by atoms with Gasteiger partial charge in [0.2, 0.25) is 0 Å². The third-order valence-corrected chi connectivity index (χ3v) is 1.40. The van der Waals surface area contributed by atoms with Crippen LogP contribution in [0.5, 0.6) is 5.75 Å². The van der Waals surface area contributed by atoms with Crippen molar-refractivity contribution in [3.63, 3.8) is 0 Å². The molecule has 0 bridgehead atoms. The average molecular weight is 271 g/mol. The number of ether oxygens (including phenoxy) is 1. The van der Waals surface area contributed by atoms with Gasteiger partial charge in [-0.05, 0) is 24.6 Å². The predicted octanol–water partition coefficient (Wildman–Crippen LogP) is 3.26. The molecule has 4 nitrogen and oxygen atoms in total. The molecule has 0 amide bonds. The number of hydrogen-bond donors (Lipinski definition) is 2. The molecule has 0 spiro atoms. The van der Waals surface area contributed by atoms with E-state index in [4.69, 9.17) is 10.8 Å². The highest BCUT2D eigenvalue weighted by atomic mass is 16.5. The normalized spacial score (nSPS) is 7.53. The molecule has 1 rings (SSSR count). The molecule has 0 aliphatic rings. The smallest absolute Gasteiger partial charge is 0.319 e. The lowest BCUT2D eigenvalue weighted by Crippen LogP contribution is -2.14. The van der Waals surface area contributed by atoms with Crippen LogP contribution in [-0.2, 0) is 9.53 Å². The van der Waals surface area contributed by atoms with Gasteiger partial charge in [0.25, 0.3) is 0 Å². The van der Waals surface area contributed by atoms with Crippen LogP contribution in [0.15, 0.2) is 24.3 Å². The highest BCUT2D eigenvalue weighted by Crippen LogP contribution is 2.08. The Morgan fingerprint density at radius 2 is 1.79 bits per heavy atom. The lowest BCUT2D eigenvalue weighted by Gasteiger charge is -1.89. The number of nitrogens with two attached hydrogens (primary N) is 1. The van der Waals surface area contributed by atoms with E-state index in [9.17, 15) is 4.79 Å². The van der Waals surface area contributed by atoms with Crippen LogP contribution in [-0.4, -0.2) is 24.7 Å². The molecule has 112 valence electrons. The van der Waals surface area contributed by atoms with Crippen LogP contribution < -0.4 is 5.73 Å². The van der Waals surface area contributed by atoms with Crippen molar-refractivity contribution >= 4 is 5.97 Å². The van der Waals surface area contributed by atoms with E-state index in [1.54, 1.807) is 12.1 Å². The molecule has 1 aromatic carbocycles. The SMILES string of the molecule is CC.CCC.COC(=O)CN.Cc1cccc(O)c1. The zero-order valence-electron chi connectivity index (χ0n) is 13.1. The quantitative estimate of drug-likeness (QED) is 0.769. The molecule has 0 saturated carbocycles. The number of phenolic OH excluding ortho intramolecular Hbond substituents is 1. The minimum absolute atomic E-state index is 0.0312. The number of esters is 1. The Balaban J connectivity index is -0.000000207. The van der Waals surface area contributed by atoms with Gasteiger partial charge in [-0.2, -0.15) is 0 Å². The molecular weight excluding hydrogens is 242 g/mol. The van der Waals surface area contributed by atoms with Gasteiger partial charge in [-0.3, -0.25) is 4.79 Å². The van der Waals surface area contributed by atoms with E-state index < -0.39 is 0 Å². The number of aromatic hydroxyl groups is 1. The van der Waals surface area contributed by atoms with Gasteiger partial charge >= 0.3 is 5.97 Å². The summed E-state index contributed by atoms with van der Waals surface area (Å²) in [6.07, 6.45) is 1.25. The summed E-state index contributed by atoms with van der Waals surface area (Å²) in [5.74, 6) is -0.0417. The number of phenols is 1. The van der Waals surface area contributed by atoms with E-state index in [0.29, 0.717) is 5.75 Å². The summed E-state index contributed by atoms with van der Waals surface area (Å²) in [6.45, 7) is 10.2. The summed E-state index contributed by atoms with van der Waals surface area (Å²) in [7, 11) is 1.30. The third kappa shape index (κ3) is 22.2. The van der Waals surface area contributed by atoms with Gasteiger partial charge < -0.3 is 15.6 Å². The molecule has 0 aliphatic carbocycles. The second-order valence-electron chi connectivity index (χ2n) is 3.33. The maximum Gasteiger partial charge on any atom is 0.319 e. The van der Waals surface area contributed by atoms with E-state index >= 15 is 0 Å². The third-order valence-electron chi connectivity index (χ3n) is 1.40. The fraction of sp³-hybridized carbons (Fsp3) is 0.533. The lowest BCUT2D eigenvalue weighted by molar-refractivity contribution is -0.138. The fourth-order valence-electron chi connectivity index (χ4n) is 0.711. The van der Waals surface area contributed by atoms with Crippen LogP contribution in [0, 0.1) is 6.92 Å². The van der Waals surface area contributed by atoms with Gasteiger partial charge in [0.1, 0.15) is 5.75 Å². The molecule has 0 saturated heterocycles. The topological polar surface area (TPSA) is 72.5 Å². The molecule has 19 heavy (non-hydrogen) atoms. The van der Waals surface area contributed by atoms with Crippen LogP contribution in [0.1, 0.15) is 39.7 Å². The van der Waals surface area contributed by atoms with Crippen molar-refractivity contribution in [1.82, 2.24) is 0 Å². The van der Waals surface area contributed by atoms with Crippen molar-refractivity contribution in [3.05, 3.63) is 29.8 Å². The summed E-state index contributed by atoms with van der Waals surface area (Å²) in [5, 5.41) is 8.81. The summed E-state index contributed by atoms with van der Waals surface area (Å²) < 4.78 is 4.14. The monoisotopic (exact) mass is 271 g/mol. The minimum atomic E-state index is -0.380. The first-order valence-electron chi connectivity index (χ1n) is 6.54. The number of carbonyl (C=O) groups is 1. The zero-order valence-corrected chi connectivity index (χ0v) is 13.1. The van der Waals surface area contributed by atoms with Crippen molar-refractivity contribution in [2.24, 2.45) is 5.73 Å². The van der Waals surface area contributed by atoms with Gasteiger partial charge in [0.05, 0.1) is 13.7 Å². The van der Waals surface area contributed by atoms with Crippen molar-refractivity contribution in [2.75, 3.05) is 13.7 Å². The summed E-state index contributed by atoms with van der Waals surface area (Å²) >= 11 is 0. The minimum Gasteiger partial charge on any atom is -0.508 e. The Morgan fingerprint density at radius 3 is 1.95 bits per heavy atom. The van der Waals surface area contributed by atoms with E-state index in [1.807, 2.05) is 32.9 Å².